The summed E-state index contributed by atoms with van der Waals surface area (Å²) in [5.74, 6) is 0.682. The molecule has 2 aliphatic rings. The van der Waals surface area contributed by atoms with Gasteiger partial charge in [0.05, 0.1) is 0 Å². The molecule has 2 aliphatic carbocycles. The summed E-state index contributed by atoms with van der Waals surface area (Å²) in [5.41, 5.74) is 10.9. The van der Waals surface area contributed by atoms with E-state index in [4.69, 9.17) is 0 Å². The van der Waals surface area contributed by atoms with E-state index < -0.39 is 28.6 Å². The van der Waals surface area contributed by atoms with Crippen LogP contribution in [0.25, 0.3) is 5.57 Å². The van der Waals surface area contributed by atoms with E-state index in [-0.39, 0.29) is 24.8 Å². The van der Waals surface area contributed by atoms with Crippen molar-refractivity contribution in [2.45, 2.75) is 55.7 Å². The van der Waals surface area contributed by atoms with Gasteiger partial charge in [-0.25, -0.2) is 0 Å². The van der Waals surface area contributed by atoms with Crippen LogP contribution in [0.15, 0.2) is 80.7 Å². The molecular formula is C28H34Cl2GeZr. The molecule has 2 aromatic rings. The number of halogens is 2. The molecule has 0 aromatic heterocycles. The van der Waals surface area contributed by atoms with Crippen molar-refractivity contribution in [2.75, 3.05) is 0 Å². The first-order valence-corrected chi connectivity index (χ1v) is 24.5. The molecule has 0 fully saturated rings. The van der Waals surface area contributed by atoms with Crippen LogP contribution in [0.2, 0.25) is 10.5 Å². The summed E-state index contributed by atoms with van der Waals surface area (Å²) >= 11 is -1.88. The minimum Gasteiger partial charge on any atom is -1.00 e. The predicted molar refractivity (Wildman–Crippen MR) is 130 cm³/mol. The van der Waals surface area contributed by atoms with Gasteiger partial charge in [0.15, 0.2) is 0 Å². The monoisotopic (exact) mass is 604 g/mol. The Morgan fingerprint density at radius 1 is 0.812 bits per heavy atom. The van der Waals surface area contributed by atoms with Crippen LogP contribution in [0.3, 0.4) is 0 Å². The van der Waals surface area contributed by atoms with Gasteiger partial charge in [-0.15, -0.1) is 0 Å². The molecule has 4 heteroatoms. The summed E-state index contributed by atoms with van der Waals surface area (Å²) in [6.45, 7) is 14.7. The van der Waals surface area contributed by atoms with E-state index in [1.165, 1.54) is 27.2 Å². The van der Waals surface area contributed by atoms with Crippen molar-refractivity contribution in [2.24, 2.45) is 5.92 Å². The molecule has 0 spiro atoms. The topological polar surface area (TPSA) is 0 Å². The molecule has 0 bridgehead atoms. The summed E-state index contributed by atoms with van der Waals surface area (Å²) in [5, 5.41) is 2.97. The molecule has 0 saturated heterocycles. The van der Waals surface area contributed by atoms with Gasteiger partial charge in [0, 0.05) is 0 Å². The molecule has 2 aromatic carbocycles. The van der Waals surface area contributed by atoms with E-state index in [0.29, 0.717) is 5.92 Å². The SMILES string of the molecule is C[CH2][Ge]([CH2]C)=[Zr+2]([C]1=C(C)C(C)=C(C)C1C)[CH]1C=C(c2ccccc2)c2ccccc21.[Cl-].[Cl-]. The van der Waals surface area contributed by atoms with Crippen LogP contribution < -0.4 is 24.8 Å². The number of fused-ring (bicyclic) bond motifs is 1. The average molecular weight is 605 g/mol. The van der Waals surface area contributed by atoms with Gasteiger partial charge in [-0.1, -0.05) is 0 Å². The maximum atomic E-state index is 2.73. The van der Waals surface area contributed by atoms with Crippen LogP contribution >= 0.6 is 0 Å². The van der Waals surface area contributed by atoms with E-state index in [9.17, 15) is 0 Å². The Bertz CT molecular complexity index is 1100. The first-order valence-electron chi connectivity index (χ1n) is 11.5. The Hall–Kier alpha value is -0.334. The third-order valence-electron chi connectivity index (χ3n) is 7.48. The van der Waals surface area contributed by atoms with Crippen molar-refractivity contribution in [3.05, 3.63) is 97.4 Å². The molecule has 4 rings (SSSR count). The summed E-state index contributed by atoms with van der Waals surface area (Å²) in [7, 11) is -1.09. The largest absolute Gasteiger partial charge is 1.00 e. The van der Waals surface area contributed by atoms with Crippen molar-refractivity contribution in [3.63, 3.8) is 0 Å². The quantitative estimate of drug-likeness (QED) is 0.459. The maximum absolute atomic E-state index is 2.73. The van der Waals surface area contributed by atoms with E-state index in [0.717, 1.165) is 3.63 Å². The smallest absolute Gasteiger partial charge is 1.00 e. The summed E-state index contributed by atoms with van der Waals surface area (Å²) in [4.78, 5) is 0. The molecule has 0 radical (unpaired) electrons. The van der Waals surface area contributed by atoms with E-state index in [1.54, 1.807) is 22.3 Å². The Morgan fingerprint density at radius 3 is 1.97 bits per heavy atom. The number of rotatable bonds is 5. The second kappa shape index (κ2) is 11.9. The normalized spacial score (nSPS) is 19.0. The molecular weight excluding hydrogens is 571 g/mol. The minimum absolute atomic E-state index is 0. The molecule has 0 amide bonds. The Morgan fingerprint density at radius 2 is 1.41 bits per heavy atom. The van der Waals surface area contributed by atoms with Gasteiger partial charge in [-0.3, -0.25) is 0 Å². The number of hydrogen-bond acceptors (Lipinski definition) is 0. The van der Waals surface area contributed by atoms with Crippen molar-refractivity contribution in [3.8, 4) is 0 Å². The standard InChI is InChI=1S/C15H11.C9H13.C4H10Ge.2ClH.Zr/c1-2-6-12(7-3-1)15-11-10-13-8-4-5-9-14(13)15;1-6-5-7(2)9(4)8(6)3;1-3-5-4-2;;;/h1-11H;6H,1-4H3;3-4H2,1-2H3;2*1H;/q;;;;;+2/p-2. The van der Waals surface area contributed by atoms with Crippen LogP contribution in [0.4, 0.5) is 0 Å². The molecule has 0 nitrogen and oxygen atoms in total. The molecule has 2 unspecified atom stereocenters. The van der Waals surface area contributed by atoms with Gasteiger partial charge >= 0.3 is 193 Å². The van der Waals surface area contributed by atoms with Gasteiger partial charge in [-0.2, -0.15) is 0 Å². The zero-order valence-electron chi connectivity index (χ0n) is 20.1. The predicted octanol–water partition coefficient (Wildman–Crippen LogP) is 2.09. The van der Waals surface area contributed by atoms with Crippen molar-refractivity contribution >= 4 is 15.5 Å². The van der Waals surface area contributed by atoms with Gasteiger partial charge in [-0.05, 0) is 0 Å². The van der Waals surface area contributed by atoms with E-state index in [2.05, 4.69) is 102 Å². The maximum Gasteiger partial charge on any atom is -1.00 e. The van der Waals surface area contributed by atoms with Crippen molar-refractivity contribution < 1.29 is 43.4 Å². The molecule has 0 saturated carbocycles. The van der Waals surface area contributed by atoms with Crippen LogP contribution in [-0.4, -0.2) is 9.98 Å². The minimum atomic E-state index is -1.88. The second-order valence-corrected chi connectivity index (χ2v) is 34.9. The number of allylic oxidation sites excluding steroid dienone is 5. The van der Waals surface area contributed by atoms with Crippen molar-refractivity contribution in [1.82, 2.24) is 0 Å². The second-order valence-electron chi connectivity index (χ2n) is 8.80. The molecule has 2 atom stereocenters. The molecule has 0 N–H and O–H groups in total. The van der Waals surface area contributed by atoms with Crippen LogP contribution in [0, 0.1) is 5.92 Å². The van der Waals surface area contributed by atoms with Gasteiger partial charge in [0.2, 0.25) is 0 Å². The summed E-state index contributed by atoms with van der Waals surface area (Å²) < 4.78 is 2.69. The summed E-state index contributed by atoms with van der Waals surface area (Å²) in [6.07, 6.45) is 2.73. The third kappa shape index (κ3) is 4.88. The summed E-state index contributed by atoms with van der Waals surface area (Å²) in [6, 6.07) is 20.4. The zero-order valence-corrected chi connectivity index (χ0v) is 26.2. The Balaban J connectivity index is 0.00000181. The molecule has 0 heterocycles. The van der Waals surface area contributed by atoms with E-state index >= 15 is 0 Å². The van der Waals surface area contributed by atoms with Gasteiger partial charge in [0.1, 0.15) is 0 Å². The number of benzene rings is 2. The first kappa shape index (κ1) is 27.9. The third-order valence-corrected chi connectivity index (χ3v) is 44.7. The first-order chi connectivity index (χ1) is 14.5. The molecule has 0 aliphatic heterocycles. The van der Waals surface area contributed by atoms with Crippen molar-refractivity contribution in [1.29, 1.82) is 0 Å². The van der Waals surface area contributed by atoms with Gasteiger partial charge < -0.3 is 24.8 Å². The van der Waals surface area contributed by atoms with E-state index in [1.807, 2.05) is 3.28 Å². The number of hydrogen-bond donors (Lipinski definition) is 0. The molecule has 32 heavy (non-hydrogen) atoms. The Labute approximate surface area is 216 Å². The molecule has 168 valence electrons. The van der Waals surface area contributed by atoms with Crippen LogP contribution in [-0.2, 0) is 18.6 Å². The van der Waals surface area contributed by atoms with Crippen LogP contribution in [0.1, 0.15) is 61.9 Å². The average Bonchev–Trinajstić information content (AvgIpc) is 3.25. The zero-order chi connectivity index (χ0) is 21.4. The Kier molecular flexibility index (Phi) is 10.4. The van der Waals surface area contributed by atoms with Gasteiger partial charge in [0.25, 0.3) is 0 Å². The fourth-order valence-electron chi connectivity index (χ4n) is 5.48. The van der Waals surface area contributed by atoms with Crippen LogP contribution in [0.5, 0.6) is 0 Å². The fourth-order valence-corrected chi connectivity index (χ4v) is 44.2. The fraction of sp³-hybridized carbons (Fsp3) is 0.357.